The van der Waals surface area contributed by atoms with Crippen LogP contribution in [0.5, 0.6) is 5.75 Å². The van der Waals surface area contributed by atoms with Crippen molar-refractivity contribution in [2.45, 2.75) is 6.54 Å². The number of aromatic hydroxyl groups is 1. The van der Waals surface area contributed by atoms with E-state index in [1.54, 1.807) is 12.1 Å². The zero-order valence-electron chi connectivity index (χ0n) is 9.80. The Morgan fingerprint density at radius 3 is 2.59 bits per heavy atom. The van der Waals surface area contributed by atoms with E-state index in [4.69, 9.17) is 5.73 Å². The summed E-state index contributed by atoms with van der Waals surface area (Å²) >= 11 is 0. The average molecular weight is 228 g/mol. The summed E-state index contributed by atoms with van der Waals surface area (Å²) in [6.07, 6.45) is 0. The van der Waals surface area contributed by atoms with E-state index in [0.29, 0.717) is 6.54 Å². The minimum Gasteiger partial charge on any atom is -0.508 e. The molecule has 0 saturated heterocycles. The van der Waals surface area contributed by atoms with Crippen LogP contribution in [0, 0.1) is 0 Å². The molecule has 17 heavy (non-hydrogen) atoms. The second kappa shape index (κ2) is 4.89. The van der Waals surface area contributed by atoms with Crippen LogP contribution in [0.25, 0.3) is 0 Å². The second-order valence-corrected chi connectivity index (χ2v) is 3.91. The first-order valence-corrected chi connectivity index (χ1v) is 5.53. The third kappa shape index (κ3) is 2.40. The number of rotatable bonds is 3. The summed E-state index contributed by atoms with van der Waals surface area (Å²) in [5, 5.41) is 9.48. The number of anilines is 2. The Bertz CT molecular complexity index is 511. The molecule has 0 unspecified atom stereocenters. The van der Waals surface area contributed by atoms with Crippen molar-refractivity contribution < 1.29 is 5.11 Å². The minimum absolute atomic E-state index is 0.263. The molecule has 3 heteroatoms. The first-order valence-electron chi connectivity index (χ1n) is 5.53. The largest absolute Gasteiger partial charge is 0.508 e. The summed E-state index contributed by atoms with van der Waals surface area (Å²) in [6, 6.07) is 15.1. The Morgan fingerprint density at radius 2 is 1.88 bits per heavy atom. The molecule has 0 spiro atoms. The number of nitrogens with zero attached hydrogens (tertiary/aromatic N) is 1. The molecule has 0 heterocycles. The molecule has 3 nitrogen and oxygen atoms in total. The van der Waals surface area contributed by atoms with E-state index in [9.17, 15) is 5.11 Å². The molecular formula is C14H16N2O. The topological polar surface area (TPSA) is 49.5 Å². The van der Waals surface area contributed by atoms with Gasteiger partial charge >= 0.3 is 0 Å². The fourth-order valence-corrected chi connectivity index (χ4v) is 1.85. The van der Waals surface area contributed by atoms with Crippen molar-refractivity contribution >= 4 is 11.4 Å². The molecule has 0 radical (unpaired) electrons. The maximum absolute atomic E-state index is 9.48. The zero-order chi connectivity index (χ0) is 12.3. The molecular weight excluding hydrogens is 212 g/mol. The van der Waals surface area contributed by atoms with Crippen LogP contribution < -0.4 is 10.6 Å². The smallest absolute Gasteiger partial charge is 0.117 e. The van der Waals surface area contributed by atoms with Gasteiger partial charge in [0, 0.05) is 31.0 Å². The third-order valence-electron chi connectivity index (χ3n) is 2.79. The van der Waals surface area contributed by atoms with Crippen LogP contribution in [0.2, 0.25) is 0 Å². The van der Waals surface area contributed by atoms with Crippen LogP contribution in [0.4, 0.5) is 11.4 Å². The van der Waals surface area contributed by atoms with Crippen molar-refractivity contribution in [2.24, 2.45) is 5.73 Å². The van der Waals surface area contributed by atoms with Gasteiger partial charge in [0.05, 0.1) is 0 Å². The summed E-state index contributed by atoms with van der Waals surface area (Å²) < 4.78 is 0. The maximum atomic E-state index is 9.48. The molecule has 0 atom stereocenters. The number of hydrogen-bond acceptors (Lipinski definition) is 3. The number of nitrogens with two attached hydrogens (primary N) is 1. The van der Waals surface area contributed by atoms with Crippen LogP contribution in [-0.4, -0.2) is 12.2 Å². The Hall–Kier alpha value is -2.00. The number of benzene rings is 2. The van der Waals surface area contributed by atoms with Crippen LogP contribution in [0.3, 0.4) is 0 Å². The normalized spacial score (nSPS) is 10.2. The highest BCUT2D eigenvalue weighted by Gasteiger charge is 2.07. The van der Waals surface area contributed by atoms with Crippen molar-refractivity contribution in [1.82, 2.24) is 0 Å². The molecule has 0 saturated carbocycles. The monoisotopic (exact) mass is 228 g/mol. The predicted molar refractivity (Wildman–Crippen MR) is 70.5 cm³/mol. The van der Waals surface area contributed by atoms with Gasteiger partial charge in [0.25, 0.3) is 0 Å². The summed E-state index contributed by atoms with van der Waals surface area (Å²) in [5.74, 6) is 0.263. The standard InChI is InChI=1S/C14H16N2O/c1-16(12-6-4-7-13(17)9-12)14-8-3-2-5-11(14)10-15/h2-9,17H,10,15H2,1H3. The quantitative estimate of drug-likeness (QED) is 0.849. The van der Waals surface area contributed by atoms with Crippen LogP contribution >= 0.6 is 0 Å². The second-order valence-electron chi connectivity index (χ2n) is 3.91. The molecule has 0 aliphatic carbocycles. The lowest BCUT2D eigenvalue weighted by atomic mass is 10.1. The molecule has 3 N–H and O–H groups in total. The molecule has 2 rings (SSSR count). The lowest BCUT2D eigenvalue weighted by molar-refractivity contribution is 0.475. The van der Waals surface area contributed by atoms with Gasteiger partial charge in [0.15, 0.2) is 0 Å². The molecule has 0 amide bonds. The van der Waals surface area contributed by atoms with Gasteiger partial charge in [-0.05, 0) is 23.8 Å². The van der Waals surface area contributed by atoms with E-state index < -0.39 is 0 Å². The SMILES string of the molecule is CN(c1cccc(O)c1)c1ccccc1CN. The molecule has 2 aromatic rings. The molecule has 0 aliphatic rings. The average Bonchev–Trinajstić information content (AvgIpc) is 2.38. The van der Waals surface area contributed by atoms with Crippen molar-refractivity contribution in [1.29, 1.82) is 0 Å². The van der Waals surface area contributed by atoms with E-state index in [0.717, 1.165) is 16.9 Å². The highest BCUT2D eigenvalue weighted by molar-refractivity contribution is 5.66. The fourth-order valence-electron chi connectivity index (χ4n) is 1.85. The summed E-state index contributed by atoms with van der Waals surface area (Å²) in [5.41, 5.74) is 8.79. The predicted octanol–water partition coefficient (Wildman–Crippen LogP) is 2.62. The van der Waals surface area contributed by atoms with Crippen molar-refractivity contribution in [2.75, 3.05) is 11.9 Å². The van der Waals surface area contributed by atoms with Crippen LogP contribution in [0.1, 0.15) is 5.56 Å². The lowest BCUT2D eigenvalue weighted by Crippen LogP contribution is -2.13. The number of phenolic OH excluding ortho intramolecular Hbond substituents is 1. The molecule has 88 valence electrons. The van der Waals surface area contributed by atoms with Crippen LogP contribution in [0.15, 0.2) is 48.5 Å². The summed E-state index contributed by atoms with van der Waals surface area (Å²) in [7, 11) is 1.96. The van der Waals surface area contributed by atoms with E-state index in [2.05, 4.69) is 0 Å². The van der Waals surface area contributed by atoms with Gasteiger partial charge in [-0.3, -0.25) is 0 Å². The van der Waals surface area contributed by atoms with Gasteiger partial charge in [-0.25, -0.2) is 0 Å². The van der Waals surface area contributed by atoms with Gasteiger partial charge in [-0.1, -0.05) is 24.3 Å². The highest BCUT2D eigenvalue weighted by atomic mass is 16.3. The highest BCUT2D eigenvalue weighted by Crippen LogP contribution is 2.28. The van der Waals surface area contributed by atoms with Gasteiger partial charge in [-0.15, -0.1) is 0 Å². The molecule has 0 fully saturated rings. The van der Waals surface area contributed by atoms with Gasteiger partial charge in [0.2, 0.25) is 0 Å². The van der Waals surface area contributed by atoms with E-state index in [1.165, 1.54) is 0 Å². The molecule has 2 aromatic carbocycles. The first-order chi connectivity index (χ1) is 8.22. The third-order valence-corrected chi connectivity index (χ3v) is 2.79. The summed E-state index contributed by atoms with van der Waals surface area (Å²) in [6.45, 7) is 0.499. The van der Waals surface area contributed by atoms with Gasteiger partial charge in [0.1, 0.15) is 5.75 Å². The van der Waals surface area contributed by atoms with Crippen molar-refractivity contribution in [3.8, 4) is 5.75 Å². The fraction of sp³-hybridized carbons (Fsp3) is 0.143. The number of para-hydroxylation sites is 1. The van der Waals surface area contributed by atoms with Crippen LogP contribution in [-0.2, 0) is 6.54 Å². The van der Waals surface area contributed by atoms with Crippen molar-refractivity contribution in [3.05, 3.63) is 54.1 Å². The Kier molecular flexibility index (Phi) is 3.30. The van der Waals surface area contributed by atoms with Crippen molar-refractivity contribution in [3.63, 3.8) is 0 Å². The first kappa shape index (κ1) is 11.5. The van der Waals surface area contributed by atoms with E-state index >= 15 is 0 Å². The molecule has 0 aromatic heterocycles. The Labute approximate surface area is 101 Å². The Morgan fingerprint density at radius 1 is 1.12 bits per heavy atom. The Balaban J connectivity index is 2.40. The maximum Gasteiger partial charge on any atom is 0.117 e. The molecule has 0 bridgehead atoms. The molecule has 0 aliphatic heterocycles. The number of hydrogen-bond donors (Lipinski definition) is 2. The number of phenols is 1. The summed E-state index contributed by atoms with van der Waals surface area (Å²) in [4.78, 5) is 2.02. The lowest BCUT2D eigenvalue weighted by Gasteiger charge is -2.22. The zero-order valence-corrected chi connectivity index (χ0v) is 9.80. The van der Waals surface area contributed by atoms with Gasteiger partial charge < -0.3 is 15.7 Å². The van der Waals surface area contributed by atoms with E-state index in [-0.39, 0.29) is 5.75 Å². The van der Waals surface area contributed by atoms with Gasteiger partial charge in [-0.2, -0.15) is 0 Å². The minimum atomic E-state index is 0.263. The van der Waals surface area contributed by atoms with E-state index in [1.807, 2.05) is 48.3 Å².